The van der Waals surface area contributed by atoms with Gasteiger partial charge < -0.3 is 14.5 Å². The topological polar surface area (TPSA) is 51.9 Å². The third kappa shape index (κ3) is 3.57. The van der Waals surface area contributed by atoms with Crippen molar-refractivity contribution >= 4 is 33.5 Å². The van der Waals surface area contributed by atoms with Gasteiger partial charge in [0.2, 0.25) is 0 Å². The zero-order valence-corrected chi connectivity index (χ0v) is 17.3. The number of pyridine rings is 1. The molecule has 2 aromatic carbocycles. The quantitative estimate of drug-likeness (QED) is 0.437. The van der Waals surface area contributed by atoms with Gasteiger partial charge in [-0.25, -0.2) is 9.37 Å². The van der Waals surface area contributed by atoms with Gasteiger partial charge in [0.15, 0.2) is 0 Å². The molecule has 1 N–H and O–H groups in total. The molecular weight excluding hydrogens is 391 g/mol. The van der Waals surface area contributed by atoms with Gasteiger partial charge in [-0.15, -0.1) is 0 Å². The smallest absolute Gasteiger partial charge is 0.272 e. The van der Waals surface area contributed by atoms with Gasteiger partial charge in [0.1, 0.15) is 17.2 Å². The molecule has 0 saturated carbocycles. The molecule has 1 amide bonds. The van der Waals surface area contributed by atoms with Crippen LogP contribution >= 0.6 is 0 Å². The monoisotopic (exact) mass is 412 g/mol. The highest BCUT2D eigenvalue weighted by atomic mass is 19.1. The molecule has 31 heavy (non-hydrogen) atoms. The molecule has 0 atom stereocenters. The highest BCUT2D eigenvalue weighted by molar-refractivity contribution is 6.07. The van der Waals surface area contributed by atoms with Crippen molar-refractivity contribution in [3.05, 3.63) is 95.7 Å². The molecule has 0 fully saturated rings. The van der Waals surface area contributed by atoms with Crippen molar-refractivity contribution in [2.45, 2.75) is 13.5 Å². The Bertz CT molecular complexity index is 1450. The SMILES string of the molecule is Cc1cccc(Cn2c(C(=O)Nc3cnc4c(ccn4C)c3)cc3cc(F)ccc32)c1. The lowest BCUT2D eigenvalue weighted by Crippen LogP contribution is -2.17. The lowest BCUT2D eigenvalue weighted by atomic mass is 10.1. The maximum absolute atomic E-state index is 13.8. The first-order valence-electron chi connectivity index (χ1n) is 10.0. The van der Waals surface area contributed by atoms with Gasteiger partial charge in [-0.1, -0.05) is 29.8 Å². The molecule has 0 aliphatic rings. The number of nitrogens with one attached hydrogen (secondary N) is 1. The number of hydrogen-bond acceptors (Lipinski definition) is 2. The summed E-state index contributed by atoms with van der Waals surface area (Å²) in [4.78, 5) is 17.7. The first-order chi connectivity index (χ1) is 15.0. The zero-order valence-electron chi connectivity index (χ0n) is 17.3. The predicted molar refractivity (Wildman–Crippen MR) is 121 cm³/mol. The van der Waals surface area contributed by atoms with Gasteiger partial charge in [-0.2, -0.15) is 0 Å². The lowest BCUT2D eigenvalue weighted by Gasteiger charge is -2.12. The van der Waals surface area contributed by atoms with Crippen molar-refractivity contribution in [1.29, 1.82) is 0 Å². The van der Waals surface area contributed by atoms with Crippen LogP contribution in [0.5, 0.6) is 0 Å². The van der Waals surface area contributed by atoms with E-state index in [-0.39, 0.29) is 11.7 Å². The van der Waals surface area contributed by atoms with E-state index < -0.39 is 0 Å². The summed E-state index contributed by atoms with van der Waals surface area (Å²) in [6.45, 7) is 2.54. The molecule has 0 saturated heterocycles. The average Bonchev–Trinajstić information content (AvgIpc) is 3.28. The number of halogens is 1. The van der Waals surface area contributed by atoms with Crippen molar-refractivity contribution in [2.75, 3.05) is 5.32 Å². The van der Waals surface area contributed by atoms with E-state index in [9.17, 15) is 9.18 Å². The Morgan fingerprint density at radius 2 is 1.94 bits per heavy atom. The first kappa shape index (κ1) is 19.1. The molecule has 5 rings (SSSR count). The highest BCUT2D eigenvalue weighted by Crippen LogP contribution is 2.24. The molecule has 6 heteroatoms. The molecule has 5 nitrogen and oxygen atoms in total. The number of hydrogen-bond donors (Lipinski definition) is 1. The van der Waals surface area contributed by atoms with E-state index in [2.05, 4.69) is 16.4 Å². The molecule has 5 aromatic rings. The van der Waals surface area contributed by atoms with Crippen LogP contribution in [0.25, 0.3) is 21.9 Å². The summed E-state index contributed by atoms with van der Waals surface area (Å²) in [5.74, 6) is -0.591. The van der Waals surface area contributed by atoms with Crippen LogP contribution < -0.4 is 5.32 Å². The van der Waals surface area contributed by atoms with Crippen molar-refractivity contribution in [3.63, 3.8) is 0 Å². The Labute approximate surface area is 178 Å². The Morgan fingerprint density at radius 3 is 2.77 bits per heavy atom. The van der Waals surface area contributed by atoms with E-state index in [1.165, 1.54) is 12.1 Å². The van der Waals surface area contributed by atoms with Crippen LogP contribution in [0.3, 0.4) is 0 Å². The van der Waals surface area contributed by atoms with Gasteiger partial charge >= 0.3 is 0 Å². The minimum atomic E-state index is -0.328. The van der Waals surface area contributed by atoms with Gasteiger partial charge in [0, 0.05) is 36.1 Å². The summed E-state index contributed by atoms with van der Waals surface area (Å²) in [5.41, 5.74) is 4.96. The van der Waals surface area contributed by atoms with E-state index in [0.29, 0.717) is 23.3 Å². The number of benzene rings is 2. The van der Waals surface area contributed by atoms with Crippen LogP contribution in [-0.2, 0) is 13.6 Å². The Morgan fingerprint density at radius 1 is 1.06 bits per heavy atom. The second-order valence-corrected chi connectivity index (χ2v) is 7.83. The number of nitrogens with zero attached hydrogens (tertiary/aromatic N) is 3. The largest absolute Gasteiger partial charge is 0.336 e. The summed E-state index contributed by atoms with van der Waals surface area (Å²) in [6.07, 6.45) is 3.57. The number of aryl methyl sites for hydroxylation is 2. The number of amides is 1. The van der Waals surface area contributed by atoms with E-state index in [1.54, 1.807) is 18.3 Å². The second kappa shape index (κ2) is 7.40. The molecule has 0 bridgehead atoms. The molecule has 154 valence electrons. The number of carbonyl (C=O) groups excluding carboxylic acids is 1. The van der Waals surface area contributed by atoms with Crippen molar-refractivity contribution in [2.24, 2.45) is 7.05 Å². The maximum atomic E-state index is 13.8. The average molecular weight is 412 g/mol. The molecule has 0 aliphatic carbocycles. The van der Waals surface area contributed by atoms with Crippen molar-refractivity contribution < 1.29 is 9.18 Å². The number of aromatic nitrogens is 3. The second-order valence-electron chi connectivity index (χ2n) is 7.83. The Hall–Kier alpha value is -3.93. The van der Waals surface area contributed by atoms with Crippen LogP contribution in [0.2, 0.25) is 0 Å². The third-order valence-corrected chi connectivity index (χ3v) is 5.48. The number of carbonyl (C=O) groups is 1. The van der Waals surface area contributed by atoms with Crippen molar-refractivity contribution in [1.82, 2.24) is 14.1 Å². The molecule has 0 aliphatic heterocycles. The van der Waals surface area contributed by atoms with E-state index in [0.717, 1.165) is 27.7 Å². The summed E-state index contributed by atoms with van der Waals surface area (Å²) in [6, 6.07) is 18.3. The van der Waals surface area contributed by atoms with Crippen LogP contribution in [0.15, 0.2) is 73.1 Å². The summed E-state index contributed by atoms with van der Waals surface area (Å²) in [5, 5.41) is 4.58. The summed E-state index contributed by atoms with van der Waals surface area (Å²) < 4.78 is 17.7. The van der Waals surface area contributed by atoms with Crippen LogP contribution in [0.4, 0.5) is 10.1 Å². The molecular formula is C25H21FN4O. The van der Waals surface area contributed by atoms with E-state index in [1.807, 2.05) is 59.6 Å². The van der Waals surface area contributed by atoms with Crippen LogP contribution in [-0.4, -0.2) is 20.0 Å². The standard InChI is InChI=1S/C25H21FN4O/c1-16-4-3-5-17(10-16)15-30-22-7-6-20(26)11-19(22)13-23(30)25(31)28-21-12-18-8-9-29(2)24(18)27-14-21/h3-14H,15H2,1-2H3,(H,28,31). The van der Waals surface area contributed by atoms with Crippen LogP contribution in [0.1, 0.15) is 21.6 Å². The molecule has 0 unspecified atom stereocenters. The fraction of sp³-hybridized carbons (Fsp3) is 0.120. The lowest BCUT2D eigenvalue weighted by molar-refractivity contribution is 0.101. The predicted octanol–water partition coefficient (Wildman–Crippen LogP) is 5.28. The van der Waals surface area contributed by atoms with Gasteiger partial charge in [0.05, 0.1) is 11.9 Å². The number of rotatable bonds is 4. The Balaban J connectivity index is 1.54. The number of anilines is 1. The minimum Gasteiger partial charge on any atom is -0.336 e. The van der Waals surface area contributed by atoms with E-state index in [4.69, 9.17) is 0 Å². The molecule has 0 spiro atoms. The van der Waals surface area contributed by atoms with Crippen molar-refractivity contribution in [3.8, 4) is 0 Å². The first-order valence-corrected chi connectivity index (χ1v) is 10.0. The van der Waals surface area contributed by atoms with Gasteiger partial charge in [-0.3, -0.25) is 4.79 Å². The summed E-state index contributed by atoms with van der Waals surface area (Å²) >= 11 is 0. The minimum absolute atomic E-state index is 0.263. The normalized spacial score (nSPS) is 11.3. The summed E-state index contributed by atoms with van der Waals surface area (Å²) in [7, 11) is 1.93. The van der Waals surface area contributed by atoms with Crippen LogP contribution in [0, 0.1) is 12.7 Å². The molecule has 0 radical (unpaired) electrons. The highest BCUT2D eigenvalue weighted by Gasteiger charge is 2.17. The third-order valence-electron chi connectivity index (χ3n) is 5.48. The maximum Gasteiger partial charge on any atom is 0.272 e. The number of fused-ring (bicyclic) bond motifs is 2. The van der Waals surface area contributed by atoms with Gasteiger partial charge in [-0.05, 0) is 48.9 Å². The Kier molecular flexibility index (Phi) is 4.55. The van der Waals surface area contributed by atoms with E-state index >= 15 is 0 Å². The molecule has 3 heterocycles. The van der Waals surface area contributed by atoms with Gasteiger partial charge in [0.25, 0.3) is 5.91 Å². The molecule has 3 aromatic heterocycles. The fourth-order valence-electron chi connectivity index (χ4n) is 4.01. The fourth-order valence-corrected chi connectivity index (χ4v) is 4.01. The zero-order chi connectivity index (χ0) is 21.5.